The Bertz CT molecular complexity index is 878. The van der Waals surface area contributed by atoms with E-state index in [1.807, 2.05) is 18.2 Å². The number of benzene rings is 1. The molecule has 3 aromatic rings. The Hall–Kier alpha value is -2.86. The summed E-state index contributed by atoms with van der Waals surface area (Å²) in [5.41, 5.74) is 2.07. The molecule has 1 saturated heterocycles. The van der Waals surface area contributed by atoms with Crippen molar-refractivity contribution in [2.75, 3.05) is 18.4 Å². The molecule has 1 aliphatic rings. The minimum Gasteiger partial charge on any atom is -0.367 e. The van der Waals surface area contributed by atoms with Crippen molar-refractivity contribution in [1.82, 2.24) is 20.3 Å². The van der Waals surface area contributed by atoms with Gasteiger partial charge in [-0.3, -0.25) is 4.98 Å². The van der Waals surface area contributed by atoms with Crippen LogP contribution in [-0.4, -0.2) is 34.1 Å². The molecule has 0 spiro atoms. The summed E-state index contributed by atoms with van der Waals surface area (Å²) in [5, 5.41) is 6.84. The van der Waals surface area contributed by atoms with E-state index >= 15 is 0 Å². The summed E-state index contributed by atoms with van der Waals surface area (Å²) >= 11 is 0. The van der Waals surface area contributed by atoms with Gasteiger partial charge in [0.15, 0.2) is 5.82 Å². The minimum atomic E-state index is -0.327. The van der Waals surface area contributed by atoms with Crippen LogP contribution >= 0.6 is 0 Å². The second kappa shape index (κ2) is 7.58. The predicted molar refractivity (Wildman–Crippen MR) is 100 cm³/mol. The monoisotopic (exact) mass is 349 g/mol. The molecule has 3 heterocycles. The second-order valence-corrected chi connectivity index (χ2v) is 6.35. The zero-order chi connectivity index (χ0) is 17.8. The van der Waals surface area contributed by atoms with E-state index in [2.05, 4.69) is 25.6 Å². The van der Waals surface area contributed by atoms with Gasteiger partial charge in [0, 0.05) is 30.1 Å². The van der Waals surface area contributed by atoms with E-state index in [9.17, 15) is 4.39 Å². The number of hydrogen-bond acceptors (Lipinski definition) is 5. The van der Waals surface area contributed by atoms with Gasteiger partial charge in [-0.25, -0.2) is 14.4 Å². The fourth-order valence-corrected chi connectivity index (χ4v) is 3.13. The molecule has 2 N–H and O–H groups in total. The van der Waals surface area contributed by atoms with Crippen molar-refractivity contribution in [3.63, 3.8) is 0 Å². The van der Waals surface area contributed by atoms with Gasteiger partial charge in [-0.1, -0.05) is 12.1 Å². The fourth-order valence-electron chi connectivity index (χ4n) is 3.13. The Balaban J connectivity index is 1.75. The van der Waals surface area contributed by atoms with Crippen molar-refractivity contribution in [1.29, 1.82) is 0 Å². The number of nitrogens with one attached hydrogen (secondary N) is 2. The van der Waals surface area contributed by atoms with Gasteiger partial charge >= 0.3 is 0 Å². The molecule has 0 radical (unpaired) electrons. The highest BCUT2D eigenvalue weighted by atomic mass is 19.1. The third-order valence-corrected chi connectivity index (χ3v) is 4.51. The maximum atomic E-state index is 14.3. The predicted octanol–water partition coefficient (Wildman–Crippen LogP) is 3.51. The van der Waals surface area contributed by atoms with Gasteiger partial charge in [0.2, 0.25) is 0 Å². The Labute approximate surface area is 151 Å². The molecule has 2 aromatic heterocycles. The summed E-state index contributed by atoms with van der Waals surface area (Å²) in [7, 11) is 0. The highest BCUT2D eigenvalue weighted by molar-refractivity contribution is 5.67. The summed E-state index contributed by atoms with van der Waals surface area (Å²) < 4.78 is 14.3. The number of aromatic nitrogens is 3. The van der Waals surface area contributed by atoms with E-state index in [0.717, 1.165) is 43.0 Å². The Morgan fingerprint density at radius 1 is 1.00 bits per heavy atom. The summed E-state index contributed by atoms with van der Waals surface area (Å²) in [6, 6.07) is 12.6. The zero-order valence-corrected chi connectivity index (χ0v) is 14.3. The van der Waals surface area contributed by atoms with Crippen LogP contribution in [0, 0.1) is 5.82 Å². The topological polar surface area (TPSA) is 62.7 Å². The molecule has 4 rings (SSSR count). The van der Waals surface area contributed by atoms with Crippen LogP contribution < -0.4 is 10.6 Å². The molecule has 5 nitrogen and oxygen atoms in total. The number of piperidine rings is 1. The first-order valence-electron chi connectivity index (χ1n) is 8.81. The van der Waals surface area contributed by atoms with E-state index in [1.54, 1.807) is 30.6 Å². The molecule has 1 aromatic carbocycles. The molecule has 6 heteroatoms. The van der Waals surface area contributed by atoms with Gasteiger partial charge in [0.25, 0.3) is 0 Å². The first-order chi connectivity index (χ1) is 12.8. The molecule has 26 heavy (non-hydrogen) atoms. The number of anilines is 1. The van der Waals surface area contributed by atoms with Crippen molar-refractivity contribution < 1.29 is 4.39 Å². The number of hydrogen-bond donors (Lipinski definition) is 2. The van der Waals surface area contributed by atoms with Crippen LogP contribution in [0.2, 0.25) is 0 Å². The van der Waals surface area contributed by atoms with Crippen LogP contribution in [0.3, 0.4) is 0 Å². The van der Waals surface area contributed by atoms with Crippen molar-refractivity contribution in [3.8, 4) is 22.6 Å². The van der Waals surface area contributed by atoms with Crippen LogP contribution in [0.5, 0.6) is 0 Å². The quantitative estimate of drug-likeness (QED) is 0.755. The van der Waals surface area contributed by atoms with Gasteiger partial charge in [-0.05, 0) is 50.2 Å². The number of halogens is 1. The second-order valence-electron chi connectivity index (χ2n) is 6.35. The van der Waals surface area contributed by atoms with E-state index in [4.69, 9.17) is 0 Å². The Morgan fingerprint density at radius 2 is 1.77 bits per heavy atom. The van der Waals surface area contributed by atoms with Crippen molar-refractivity contribution in [2.24, 2.45) is 0 Å². The Kier molecular flexibility index (Phi) is 4.84. The first kappa shape index (κ1) is 16.6. The van der Waals surface area contributed by atoms with Gasteiger partial charge in [0.1, 0.15) is 11.6 Å². The summed E-state index contributed by atoms with van der Waals surface area (Å²) in [6.07, 6.45) is 5.51. The third-order valence-electron chi connectivity index (χ3n) is 4.51. The number of pyridine rings is 1. The molecule has 0 aliphatic carbocycles. The highest BCUT2D eigenvalue weighted by Gasteiger charge is 2.16. The van der Waals surface area contributed by atoms with Crippen LogP contribution in [0.1, 0.15) is 12.8 Å². The summed E-state index contributed by atoms with van der Waals surface area (Å²) in [4.78, 5) is 13.2. The van der Waals surface area contributed by atoms with Crippen molar-refractivity contribution >= 4 is 5.82 Å². The van der Waals surface area contributed by atoms with Crippen molar-refractivity contribution in [2.45, 2.75) is 18.9 Å². The normalized spacial score (nSPS) is 15.0. The lowest BCUT2D eigenvalue weighted by Crippen LogP contribution is -2.35. The number of rotatable bonds is 4. The lowest BCUT2D eigenvalue weighted by atomic mass is 10.1. The van der Waals surface area contributed by atoms with Gasteiger partial charge in [-0.2, -0.15) is 0 Å². The van der Waals surface area contributed by atoms with Crippen LogP contribution in [0.15, 0.2) is 54.9 Å². The largest absolute Gasteiger partial charge is 0.367 e. The van der Waals surface area contributed by atoms with Crippen LogP contribution in [0.4, 0.5) is 10.2 Å². The molecule has 0 unspecified atom stereocenters. The lowest BCUT2D eigenvalue weighted by molar-refractivity contribution is 0.478. The molecule has 0 bridgehead atoms. The van der Waals surface area contributed by atoms with Crippen LogP contribution in [-0.2, 0) is 0 Å². The maximum Gasteiger partial charge on any atom is 0.165 e. The average molecular weight is 349 g/mol. The van der Waals surface area contributed by atoms with Gasteiger partial charge in [0.05, 0.1) is 11.3 Å². The number of nitrogens with zero attached hydrogens (tertiary/aromatic N) is 3. The third kappa shape index (κ3) is 3.70. The van der Waals surface area contributed by atoms with Crippen molar-refractivity contribution in [3.05, 3.63) is 60.7 Å². The van der Waals surface area contributed by atoms with E-state index in [0.29, 0.717) is 17.4 Å². The molecule has 132 valence electrons. The molecular formula is C20H20FN5. The Morgan fingerprint density at radius 3 is 2.54 bits per heavy atom. The molecular weight excluding hydrogens is 329 g/mol. The zero-order valence-electron chi connectivity index (χ0n) is 14.3. The SMILES string of the molecule is Fc1ccccc1-c1nc(NC2CCNCC2)cc(-c2ccncc2)n1. The smallest absolute Gasteiger partial charge is 0.165 e. The molecule has 1 aliphatic heterocycles. The van der Waals surface area contributed by atoms with E-state index in [-0.39, 0.29) is 5.82 Å². The molecule has 0 atom stereocenters. The fraction of sp³-hybridized carbons (Fsp3) is 0.250. The molecule has 1 fully saturated rings. The lowest BCUT2D eigenvalue weighted by Gasteiger charge is -2.24. The van der Waals surface area contributed by atoms with E-state index < -0.39 is 0 Å². The summed E-state index contributed by atoms with van der Waals surface area (Å²) in [6.45, 7) is 1.97. The molecule has 0 amide bonds. The van der Waals surface area contributed by atoms with Crippen LogP contribution in [0.25, 0.3) is 22.6 Å². The van der Waals surface area contributed by atoms with E-state index in [1.165, 1.54) is 6.07 Å². The highest BCUT2D eigenvalue weighted by Crippen LogP contribution is 2.26. The van der Waals surface area contributed by atoms with Gasteiger partial charge < -0.3 is 10.6 Å². The first-order valence-corrected chi connectivity index (χ1v) is 8.81. The maximum absolute atomic E-state index is 14.3. The summed E-state index contributed by atoms with van der Waals surface area (Å²) in [5.74, 6) is 0.776. The molecule has 0 saturated carbocycles. The average Bonchev–Trinajstić information content (AvgIpc) is 2.69. The minimum absolute atomic E-state index is 0.327. The standard InChI is InChI=1S/C20H20FN5/c21-17-4-2-1-3-16(17)20-25-18(14-5-9-22-10-6-14)13-19(26-20)24-15-7-11-23-12-8-15/h1-6,9-10,13,15,23H,7-8,11-12H2,(H,24,25,26). The van der Waals surface area contributed by atoms with Gasteiger partial charge in [-0.15, -0.1) is 0 Å².